The van der Waals surface area contributed by atoms with Gasteiger partial charge >= 0.3 is 0 Å². The van der Waals surface area contributed by atoms with Crippen LogP contribution in [0.2, 0.25) is 0 Å². The van der Waals surface area contributed by atoms with Gasteiger partial charge in [0.1, 0.15) is 0 Å². The average Bonchev–Trinajstić information content (AvgIpc) is 2.74. The van der Waals surface area contributed by atoms with Gasteiger partial charge in [0.05, 0.1) is 0 Å². The maximum atomic E-state index is 3.02. The Hall–Kier alpha value is -2.02. The quantitative estimate of drug-likeness (QED) is 0.556. The van der Waals surface area contributed by atoms with Gasteiger partial charge < -0.3 is 4.57 Å². The lowest BCUT2D eigenvalue weighted by Gasteiger charge is -1.99. The number of benzene rings is 2. The van der Waals surface area contributed by atoms with Gasteiger partial charge in [-0.2, -0.15) is 0 Å². The molecule has 0 unspecified atom stereocenters. The zero-order chi connectivity index (χ0) is 10.1. The van der Waals surface area contributed by atoms with Gasteiger partial charge in [-0.25, -0.2) is 0 Å². The summed E-state index contributed by atoms with van der Waals surface area (Å²) in [6, 6.07) is 19.4. The van der Waals surface area contributed by atoms with Crippen molar-refractivity contribution in [3.63, 3.8) is 0 Å². The Morgan fingerprint density at radius 2 is 1.40 bits per heavy atom. The van der Waals surface area contributed by atoms with Gasteiger partial charge in [-0.15, -0.1) is 0 Å². The molecule has 0 N–H and O–H groups in total. The van der Waals surface area contributed by atoms with Crippen LogP contribution in [0.3, 0.4) is 0 Å². The molecule has 71 valence electrons. The number of hydrogen-bond acceptors (Lipinski definition) is 0. The molecule has 3 rings (SSSR count). The van der Waals surface area contributed by atoms with Crippen molar-refractivity contribution in [2.24, 2.45) is 0 Å². The van der Waals surface area contributed by atoms with Crippen molar-refractivity contribution in [3.05, 3.63) is 67.0 Å². The largest absolute Gasteiger partial charge is 0.323 e. The first kappa shape index (κ1) is 8.30. The summed E-state index contributed by atoms with van der Waals surface area (Å²) in [5.41, 5.74) is 1.17. The van der Waals surface area contributed by atoms with Gasteiger partial charge in [0, 0.05) is 18.1 Å². The number of nitrogens with zero attached hydrogens (tertiary/aromatic N) is 1. The molecule has 0 amide bonds. The second-order valence-electron chi connectivity index (χ2n) is 3.55. The second-order valence-corrected chi connectivity index (χ2v) is 3.55. The first-order valence-corrected chi connectivity index (χ1v) is 4.97. The Balaban J connectivity index is 2.21. The molecule has 0 fully saturated rings. The van der Waals surface area contributed by atoms with E-state index in [9.17, 15) is 0 Å². The predicted molar refractivity (Wildman–Crippen MR) is 62.1 cm³/mol. The fraction of sp³-hybridized carbons (Fsp3) is 0. The Morgan fingerprint density at radius 1 is 0.800 bits per heavy atom. The maximum absolute atomic E-state index is 3.02. The van der Waals surface area contributed by atoms with E-state index in [2.05, 4.69) is 59.4 Å². The molecular weight excluding hydrogens is 182 g/mol. The summed E-state index contributed by atoms with van der Waals surface area (Å²) in [6.07, 6.45) is 4.29. The SMILES string of the molecule is [c]1ccc(-n2cc3ccccc3c2)cc1. The standard InChI is InChI=1S/C14H10N/c1-2-8-14(9-3-1)15-10-12-6-4-5-7-13(12)11-15/h2-11H. The summed E-state index contributed by atoms with van der Waals surface area (Å²) in [5.74, 6) is 0. The van der Waals surface area contributed by atoms with Gasteiger partial charge in [-0.05, 0) is 29.0 Å². The Morgan fingerprint density at radius 3 is 2.00 bits per heavy atom. The molecule has 1 heteroatoms. The van der Waals surface area contributed by atoms with E-state index in [0.717, 1.165) is 0 Å². The highest BCUT2D eigenvalue weighted by Gasteiger charge is 1.98. The normalized spacial score (nSPS) is 10.7. The van der Waals surface area contributed by atoms with Crippen LogP contribution in [0.4, 0.5) is 0 Å². The molecular formula is C14H10N. The van der Waals surface area contributed by atoms with Crippen molar-refractivity contribution >= 4 is 10.8 Å². The van der Waals surface area contributed by atoms with Crippen molar-refractivity contribution in [1.29, 1.82) is 0 Å². The molecule has 2 aromatic carbocycles. The smallest absolute Gasteiger partial charge is 0.0450 e. The number of rotatable bonds is 1. The van der Waals surface area contributed by atoms with Crippen LogP contribution in [-0.2, 0) is 0 Å². The van der Waals surface area contributed by atoms with Crippen LogP contribution >= 0.6 is 0 Å². The molecule has 15 heavy (non-hydrogen) atoms. The molecule has 1 nitrogen and oxygen atoms in total. The van der Waals surface area contributed by atoms with Gasteiger partial charge in [-0.3, -0.25) is 0 Å². The summed E-state index contributed by atoms with van der Waals surface area (Å²) in [7, 11) is 0. The molecule has 0 aliphatic rings. The first-order valence-electron chi connectivity index (χ1n) is 4.97. The van der Waals surface area contributed by atoms with E-state index < -0.39 is 0 Å². The molecule has 1 heterocycles. The van der Waals surface area contributed by atoms with E-state index in [1.54, 1.807) is 0 Å². The molecule has 1 radical (unpaired) electrons. The third-order valence-electron chi connectivity index (χ3n) is 2.55. The summed E-state index contributed by atoms with van der Waals surface area (Å²) in [4.78, 5) is 0. The van der Waals surface area contributed by atoms with Crippen LogP contribution in [0.1, 0.15) is 0 Å². The lowest BCUT2D eigenvalue weighted by atomic mass is 10.2. The number of hydrogen-bond donors (Lipinski definition) is 0. The van der Waals surface area contributed by atoms with Crippen molar-refractivity contribution in [3.8, 4) is 5.69 Å². The molecule has 0 atom stereocenters. The highest BCUT2D eigenvalue weighted by Crippen LogP contribution is 2.18. The van der Waals surface area contributed by atoms with E-state index in [-0.39, 0.29) is 0 Å². The van der Waals surface area contributed by atoms with E-state index in [1.807, 2.05) is 12.1 Å². The Bertz CT molecular complexity index is 545. The van der Waals surface area contributed by atoms with Gasteiger partial charge in [0.15, 0.2) is 0 Å². The van der Waals surface area contributed by atoms with Gasteiger partial charge in [-0.1, -0.05) is 36.4 Å². The molecule has 1 aromatic heterocycles. The summed E-state index contributed by atoms with van der Waals surface area (Å²) in [5, 5.41) is 2.54. The zero-order valence-corrected chi connectivity index (χ0v) is 8.22. The van der Waals surface area contributed by atoms with Crippen LogP contribution in [-0.4, -0.2) is 4.57 Å². The molecule has 0 aliphatic heterocycles. The first-order chi connectivity index (χ1) is 7.43. The number of aromatic nitrogens is 1. The topological polar surface area (TPSA) is 4.93 Å². The highest BCUT2D eigenvalue weighted by atomic mass is 14.9. The minimum absolute atomic E-state index is 1.17. The predicted octanol–water partition coefficient (Wildman–Crippen LogP) is 3.43. The van der Waals surface area contributed by atoms with Crippen LogP contribution in [0, 0.1) is 6.07 Å². The summed E-state index contributed by atoms with van der Waals surface area (Å²) in [6.45, 7) is 0. The van der Waals surface area contributed by atoms with Crippen LogP contribution in [0.15, 0.2) is 60.9 Å². The molecule has 0 saturated carbocycles. The number of fused-ring (bicyclic) bond motifs is 1. The van der Waals surface area contributed by atoms with E-state index in [4.69, 9.17) is 0 Å². The molecule has 0 aliphatic carbocycles. The molecule has 0 spiro atoms. The monoisotopic (exact) mass is 192 g/mol. The van der Waals surface area contributed by atoms with Crippen LogP contribution in [0.5, 0.6) is 0 Å². The van der Waals surface area contributed by atoms with Gasteiger partial charge in [0.2, 0.25) is 0 Å². The van der Waals surface area contributed by atoms with Crippen molar-refractivity contribution in [1.82, 2.24) is 4.57 Å². The molecule has 0 bridgehead atoms. The second kappa shape index (κ2) is 3.28. The molecule has 0 saturated heterocycles. The maximum Gasteiger partial charge on any atom is 0.0450 e. The fourth-order valence-corrected chi connectivity index (χ4v) is 1.78. The molecule has 3 aromatic rings. The third kappa shape index (κ3) is 1.42. The zero-order valence-electron chi connectivity index (χ0n) is 8.22. The summed E-state index contributed by atoms with van der Waals surface area (Å²) < 4.78 is 2.14. The van der Waals surface area contributed by atoms with Crippen molar-refractivity contribution in [2.75, 3.05) is 0 Å². The van der Waals surface area contributed by atoms with Gasteiger partial charge in [0.25, 0.3) is 0 Å². The summed E-state index contributed by atoms with van der Waals surface area (Å²) >= 11 is 0. The van der Waals surface area contributed by atoms with E-state index in [1.165, 1.54) is 16.5 Å². The minimum Gasteiger partial charge on any atom is -0.323 e. The van der Waals surface area contributed by atoms with Crippen molar-refractivity contribution in [2.45, 2.75) is 0 Å². The lowest BCUT2D eigenvalue weighted by Crippen LogP contribution is -1.87. The minimum atomic E-state index is 1.17. The fourth-order valence-electron chi connectivity index (χ4n) is 1.78. The van der Waals surface area contributed by atoms with Crippen molar-refractivity contribution < 1.29 is 0 Å². The van der Waals surface area contributed by atoms with E-state index in [0.29, 0.717) is 0 Å². The Labute approximate surface area is 88.6 Å². The highest BCUT2D eigenvalue weighted by molar-refractivity contribution is 5.82. The van der Waals surface area contributed by atoms with Crippen LogP contribution in [0.25, 0.3) is 16.5 Å². The third-order valence-corrected chi connectivity index (χ3v) is 2.55. The van der Waals surface area contributed by atoms with Crippen LogP contribution < -0.4 is 0 Å². The average molecular weight is 192 g/mol. The lowest BCUT2D eigenvalue weighted by molar-refractivity contribution is 1.09. The van der Waals surface area contributed by atoms with E-state index >= 15 is 0 Å². The Kier molecular flexibility index (Phi) is 1.82.